The molecule has 0 aromatic heterocycles. The molecule has 1 unspecified atom stereocenters. The number of rotatable bonds is 5. The number of anilines is 1. The van der Waals surface area contributed by atoms with Crippen LogP contribution in [0.3, 0.4) is 0 Å². The zero-order valence-corrected chi connectivity index (χ0v) is 12.0. The minimum absolute atomic E-state index is 0.0327. The first-order valence-electron chi connectivity index (χ1n) is 5.31. The second-order valence-electron chi connectivity index (χ2n) is 3.65. The normalized spacial score (nSPS) is 11.7. The summed E-state index contributed by atoms with van der Waals surface area (Å²) in [5.41, 5.74) is 0.423. The van der Waals surface area contributed by atoms with Crippen LogP contribution in [0.2, 0.25) is 5.02 Å². The predicted octanol–water partition coefficient (Wildman–Crippen LogP) is 2.06. The number of carboxylic acids is 1. The minimum atomic E-state index is -1.49. The van der Waals surface area contributed by atoms with Crippen molar-refractivity contribution in [3.05, 3.63) is 27.7 Å². The number of carbonyl (C=O) groups is 2. The first-order chi connectivity index (χ1) is 8.90. The molecule has 0 bridgehead atoms. The Balaban J connectivity index is 2.43. The maximum Gasteiger partial charge on any atom is 0.332 e. The second-order valence-corrected chi connectivity index (χ2v) is 4.97. The Labute approximate surface area is 122 Å². The van der Waals surface area contributed by atoms with Crippen molar-refractivity contribution in [1.29, 1.82) is 0 Å². The van der Waals surface area contributed by atoms with Crippen LogP contribution in [-0.4, -0.2) is 34.9 Å². The summed E-state index contributed by atoms with van der Waals surface area (Å²) in [5, 5.41) is 22.8. The van der Waals surface area contributed by atoms with Gasteiger partial charge in [0.05, 0.1) is 10.7 Å². The zero-order chi connectivity index (χ0) is 14.4. The Morgan fingerprint density at radius 2 is 2.11 bits per heavy atom. The first-order valence-corrected chi connectivity index (χ1v) is 6.48. The fourth-order valence-electron chi connectivity index (χ4n) is 1.21. The van der Waals surface area contributed by atoms with Gasteiger partial charge >= 0.3 is 12.0 Å². The fraction of sp³-hybridized carbons (Fsp3) is 0.273. The second kappa shape index (κ2) is 7.32. The number of urea groups is 1. The minimum Gasteiger partial charge on any atom is -0.479 e. The van der Waals surface area contributed by atoms with Gasteiger partial charge in [-0.05, 0) is 18.2 Å². The summed E-state index contributed by atoms with van der Waals surface area (Å²) in [6.45, 7) is 0.0327. The molecule has 0 aliphatic heterocycles. The van der Waals surface area contributed by atoms with E-state index in [1.165, 1.54) is 0 Å². The SMILES string of the molecule is O=C(NCCC(O)C(=O)O)Nc1cc(Br)ccc1Cl. The number of aliphatic hydroxyl groups is 1. The van der Waals surface area contributed by atoms with Crippen molar-refractivity contribution < 1.29 is 19.8 Å². The molecule has 0 heterocycles. The fourth-order valence-corrected chi connectivity index (χ4v) is 1.73. The zero-order valence-electron chi connectivity index (χ0n) is 9.69. The van der Waals surface area contributed by atoms with Crippen molar-refractivity contribution in [3.8, 4) is 0 Å². The Morgan fingerprint density at radius 3 is 2.74 bits per heavy atom. The van der Waals surface area contributed by atoms with E-state index in [1.807, 2.05) is 0 Å². The van der Waals surface area contributed by atoms with Gasteiger partial charge in [0.15, 0.2) is 6.10 Å². The highest BCUT2D eigenvalue weighted by Gasteiger charge is 2.13. The van der Waals surface area contributed by atoms with Gasteiger partial charge in [0.2, 0.25) is 0 Å². The summed E-state index contributed by atoms with van der Waals surface area (Å²) in [5.74, 6) is -1.32. The van der Waals surface area contributed by atoms with E-state index in [0.29, 0.717) is 10.7 Å². The van der Waals surface area contributed by atoms with Gasteiger partial charge in [0.1, 0.15) is 0 Å². The third kappa shape index (κ3) is 5.46. The molecular formula is C11H12BrClN2O4. The van der Waals surface area contributed by atoms with Gasteiger partial charge in [-0.1, -0.05) is 27.5 Å². The van der Waals surface area contributed by atoms with Crippen molar-refractivity contribution >= 4 is 45.2 Å². The summed E-state index contributed by atoms with van der Waals surface area (Å²) in [6.07, 6.45) is -1.57. The standard InChI is InChI=1S/C11H12BrClN2O4/c12-6-1-2-7(13)8(5-6)15-11(19)14-4-3-9(16)10(17)18/h1-2,5,9,16H,3-4H2,(H,17,18)(H2,14,15,19). The molecule has 0 spiro atoms. The lowest BCUT2D eigenvalue weighted by atomic mass is 10.2. The molecule has 0 saturated heterocycles. The molecule has 0 radical (unpaired) electrons. The molecule has 19 heavy (non-hydrogen) atoms. The van der Waals surface area contributed by atoms with Crippen LogP contribution in [0.4, 0.5) is 10.5 Å². The van der Waals surface area contributed by atoms with Crippen molar-refractivity contribution in [1.82, 2.24) is 5.32 Å². The van der Waals surface area contributed by atoms with E-state index in [-0.39, 0.29) is 13.0 Å². The molecule has 0 fully saturated rings. The molecule has 8 heteroatoms. The summed E-state index contributed by atoms with van der Waals surface area (Å²) in [7, 11) is 0. The van der Waals surface area contributed by atoms with Crippen LogP contribution < -0.4 is 10.6 Å². The first kappa shape index (κ1) is 15.7. The topological polar surface area (TPSA) is 98.7 Å². The number of carbonyl (C=O) groups excluding carboxylic acids is 1. The van der Waals surface area contributed by atoms with Gasteiger partial charge in [-0.2, -0.15) is 0 Å². The monoisotopic (exact) mass is 350 g/mol. The van der Waals surface area contributed by atoms with E-state index in [2.05, 4.69) is 26.6 Å². The van der Waals surface area contributed by atoms with Gasteiger partial charge in [-0.3, -0.25) is 0 Å². The molecule has 1 aromatic carbocycles. The van der Waals surface area contributed by atoms with E-state index in [1.54, 1.807) is 18.2 Å². The number of benzene rings is 1. The molecule has 2 amide bonds. The lowest BCUT2D eigenvalue weighted by Gasteiger charge is -2.10. The van der Waals surface area contributed by atoms with Crippen LogP contribution in [0.25, 0.3) is 0 Å². The average Bonchev–Trinajstić information content (AvgIpc) is 2.33. The molecule has 0 aliphatic carbocycles. The van der Waals surface area contributed by atoms with Crippen LogP contribution in [0, 0.1) is 0 Å². The van der Waals surface area contributed by atoms with Gasteiger partial charge in [0.25, 0.3) is 0 Å². The molecular weight excluding hydrogens is 339 g/mol. The summed E-state index contributed by atoms with van der Waals surface area (Å²) < 4.78 is 0.758. The van der Waals surface area contributed by atoms with Crippen LogP contribution in [0.15, 0.2) is 22.7 Å². The highest BCUT2D eigenvalue weighted by molar-refractivity contribution is 9.10. The molecule has 0 saturated carbocycles. The number of carboxylic acid groups (broad SMARTS) is 1. The lowest BCUT2D eigenvalue weighted by Crippen LogP contribution is -2.33. The number of hydrogen-bond acceptors (Lipinski definition) is 3. The van der Waals surface area contributed by atoms with E-state index in [4.69, 9.17) is 21.8 Å². The Morgan fingerprint density at radius 1 is 1.42 bits per heavy atom. The highest BCUT2D eigenvalue weighted by Crippen LogP contribution is 2.25. The van der Waals surface area contributed by atoms with Crippen LogP contribution in [-0.2, 0) is 4.79 Å². The number of amides is 2. The van der Waals surface area contributed by atoms with Gasteiger partial charge in [-0.25, -0.2) is 9.59 Å². The summed E-state index contributed by atoms with van der Waals surface area (Å²) >= 11 is 9.13. The van der Waals surface area contributed by atoms with Crippen molar-refractivity contribution in [3.63, 3.8) is 0 Å². The number of hydrogen-bond donors (Lipinski definition) is 4. The molecule has 4 N–H and O–H groups in total. The van der Waals surface area contributed by atoms with Crippen molar-refractivity contribution in [2.45, 2.75) is 12.5 Å². The molecule has 1 aromatic rings. The predicted molar refractivity (Wildman–Crippen MR) is 74.4 cm³/mol. The quantitative estimate of drug-likeness (QED) is 0.652. The van der Waals surface area contributed by atoms with Crippen LogP contribution in [0.5, 0.6) is 0 Å². The van der Waals surface area contributed by atoms with Gasteiger partial charge < -0.3 is 20.8 Å². The van der Waals surface area contributed by atoms with E-state index < -0.39 is 18.1 Å². The number of nitrogens with one attached hydrogen (secondary N) is 2. The molecule has 1 atom stereocenters. The maximum atomic E-state index is 11.5. The third-order valence-corrected chi connectivity index (χ3v) is 2.99. The van der Waals surface area contributed by atoms with Gasteiger partial charge in [0, 0.05) is 17.4 Å². The Bertz CT molecular complexity index is 484. The number of halogens is 2. The smallest absolute Gasteiger partial charge is 0.332 e. The Hall–Kier alpha value is -1.31. The van der Waals surface area contributed by atoms with E-state index in [9.17, 15) is 9.59 Å². The van der Waals surface area contributed by atoms with E-state index in [0.717, 1.165) is 4.47 Å². The number of aliphatic hydroxyl groups excluding tert-OH is 1. The summed E-state index contributed by atoms with van der Waals surface area (Å²) in [4.78, 5) is 21.8. The lowest BCUT2D eigenvalue weighted by molar-refractivity contribution is -0.146. The van der Waals surface area contributed by atoms with Crippen molar-refractivity contribution in [2.24, 2.45) is 0 Å². The van der Waals surface area contributed by atoms with Crippen LogP contribution >= 0.6 is 27.5 Å². The molecule has 1 rings (SSSR count). The number of aliphatic carboxylic acids is 1. The largest absolute Gasteiger partial charge is 0.479 e. The van der Waals surface area contributed by atoms with Crippen molar-refractivity contribution in [2.75, 3.05) is 11.9 Å². The van der Waals surface area contributed by atoms with E-state index >= 15 is 0 Å². The van der Waals surface area contributed by atoms with Gasteiger partial charge in [-0.15, -0.1) is 0 Å². The third-order valence-electron chi connectivity index (χ3n) is 2.16. The molecule has 0 aliphatic rings. The van der Waals surface area contributed by atoms with Crippen LogP contribution in [0.1, 0.15) is 6.42 Å². The summed E-state index contributed by atoms with van der Waals surface area (Å²) in [6, 6.07) is 4.45. The average molecular weight is 352 g/mol. The maximum absolute atomic E-state index is 11.5. The molecule has 104 valence electrons. The highest BCUT2D eigenvalue weighted by atomic mass is 79.9. The Kier molecular flexibility index (Phi) is 6.07. The molecule has 6 nitrogen and oxygen atoms in total.